The molecule has 0 spiro atoms. The second-order valence-electron chi connectivity index (χ2n) is 9.63. The van der Waals surface area contributed by atoms with Crippen LogP contribution in [0.25, 0.3) is 10.2 Å². The number of hydrogen-bond acceptors (Lipinski definition) is 9. The molecule has 7 nitrogen and oxygen atoms in total. The first kappa shape index (κ1) is 21.7. The molecule has 1 unspecified atom stereocenters. The Hall–Kier alpha value is -1.81. The molecular formula is C24H32N6OS2. The van der Waals surface area contributed by atoms with E-state index in [1.54, 1.807) is 16.2 Å². The van der Waals surface area contributed by atoms with Crippen LogP contribution in [0.1, 0.15) is 35.3 Å². The molecule has 0 amide bonds. The van der Waals surface area contributed by atoms with Crippen molar-refractivity contribution in [1.82, 2.24) is 19.9 Å². The van der Waals surface area contributed by atoms with E-state index in [0.717, 1.165) is 88.0 Å². The van der Waals surface area contributed by atoms with Gasteiger partial charge in [-0.25, -0.2) is 15.0 Å². The van der Waals surface area contributed by atoms with Crippen LogP contribution in [-0.4, -0.2) is 72.3 Å². The molecule has 0 radical (unpaired) electrons. The van der Waals surface area contributed by atoms with Gasteiger partial charge in [-0.05, 0) is 37.7 Å². The fraction of sp³-hybridized carbons (Fsp3) is 0.625. The molecule has 3 aromatic heterocycles. The molecule has 2 fully saturated rings. The molecule has 176 valence electrons. The van der Waals surface area contributed by atoms with Crippen LogP contribution in [-0.2, 0) is 24.1 Å². The zero-order chi connectivity index (χ0) is 22.4. The smallest absolute Gasteiger partial charge is 0.185 e. The van der Waals surface area contributed by atoms with Gasteiger partial charge in [0, 0.05) is 49.5 Å². The molecule has 1 atom stereocenters. The van der Waals surface area contributed by atoms with Crippen LogP contribution in [0.3, 0.4) is 0 Å². The van der Waals surface area contributed by atoms with Gasteiger partial charge in [0.1, 0.15) is 16.5 Å². The molecule has 0 aromatic carbocycles. The first-order valence-corrected chi connectivity index (χ1v) is 13.9. The third-order valence-electron chi connectivity index (χ3n) is 7.11. The van der Waals surface area contributed by atoms with Crippen molar-refractivity contribution in [2.24, 2.45) is 5.92 Å². The van der Waals surface area contributed by atoms with E-state index in [0.29, 0.717) is 0 Å². The summed E-state index contributed by atoms with van der Waals surface area (Å²) in [6.07, 6.45) is 3.62. The van der Waals surface area contributed by atoms with Gasteiger partial charge in [0.15, 0.2) is 5.13 Å². The Bertz CT molecular complexity index is 1130. The summed E-state index contributed by atoms with van der Waals surface area (Å²) in [6.45, 7) is 12.7. The van der Waals surface area contributed by atoms with Crippen molar-refractivity contribution in [2.75, 3.05) is 62.3 Å². The van der Waals surface area contributed by atoms with E-state index >= 15 is 0 Å². The third kappa shape index (κ3) is 4.36. The number of rotatable bonds is 4. The van der Waals surface area contributed by atoms with Crippen molar-refractivity contribution in [2.45, 2.75) is 39.7 Å². The maximum absolute atomic E-state index is 5.54. The zero-order valence-electron chi connectivity index (χ0n) is 19.5. The van der Waals surface area contributed by atoms with Gasteiger partial charge in [-0.1, -0.05) is 6.92 Å². The molecule has 6 rings (SSSR count). The number of fused-ring (bicyclic) bond motifs is 3. The maximum atomic E-state index is 5.54. The molecule has 1 aliphatic carbocycles. The Labute approximate surface area is 203 Å². The lowest BCUT2D eigenvalue weighted by Crippen LogP contribution is -2.47. The van der Waals surface area contributed by atoms with E-state index in [9.17, 15) is 0 Å². The Morgan fingerprint density at radius 1 is 1.03 bits per heavy atom. The molecule has 33 heavy (non-hydrogen) atoms. The van der Waals surface area contributed by atoms with Gasteiger partial charge in [0.2, 0.25) is 0 Å². The van der Waals surface area contributed by atoms with Crippen LogP contribution in [0.5, 0.6) is 0 Å². The van der Waals surface area contributed by atoms with Crippen LogP contribution >= 0.6 is 22.7 Å². The lowest BCUT2D eigenvalue weighted by molar-refractivity contribution is 0.0331. The summed E-state index contributed by atoms with van der Waals surface area (Å²) < 4.78 is 5.54. The average Bonchev–Trinajstić information content (AvgIpc) is 3.42. The van der Waals surface area contributed by atoms with E-state index in [1.807, 2.05) is 11.3 Å². The van der Waals surface area contributed by atoms with E-state index in [-0.39, 0.29) is 0 Å². The molecule has 3 aliphatic rings. The maximum Gasteiger partial charge on any atom is 0.185 e. The van der Waals surface area contributed by atoms with Crippen LogP contribution in [0.4, 0.5) is 10.9 Å². The number of nitrogens with zero attached hydrogens (tertiary/aromatic N) is 6. The fourth-order valence-electron chi connectivity index (χ4n) is 5.22. The van der Waals surface area contributed by atoms with E-state index in [2.05, 4.69) is 33.9 Å². The highest BCUT2D eigenvalue weighted by molar-refractivity contribution is 7.19. The molecular weight excluding hydrogens is 452 g/mol. The van der Waals surface area contributed by atoms with Crippen LogP contribution < -0.4 is 9.80 Å². The first-order valence-electron chi connectivity index (χ1n) is 12.2. The molecule has 0 saturated carbocycles. The standard InChI is InChI=1S/C24H32N6OS2/c1-16-3-4-18-19(13-16)33-23-21(18)22(26-20(27-23)14-28-9-11-31-12-10-28)29-5-7-30(8-6-29)24-25-17(2)15-32-24/h15-16H,3-14H2,1-2H3. The number of aromatic nitrogens is 3. The second kappa shape index (κ2) is 9.09. The number of thiophene rings is 1. The van der Waals surface area contributed by atoms with Crippen molar-refractivity contribution in [3.05, 3.63) is 27.3 Å². The van der Waals surface area contributed by atoms with Crippen LogP contribution in [0.2, 0.25) is 0 Å². The lowest BCUT2D eigenvalue weighted by atomic mass is 9.89. The van der Waals surface area contributed by atoms with Crippen molar-refractivity contribution in [3.63, 3.8) is 0 Å². The van der Waals surface area contributed by atoms with Crippen molar-refractivity contribution in [1.29, 1.82) is 0 Å². The second-order valence-corrected chi connectivity index (χ2v) is 11.5. The number of hydrogen-bond donors (Lipinski definition) is 0. The summed E-state index contributed by atoms with van der Waals surface area (Å²) in [5.74, 6) is 2.90. The first-order chi connectivity index (χ1) is 16.1. The summed E-state index contributed by atoms with van der Waals surface area (Å²) in [4.78, 5) is 25.1. The van der Waals surface area contributed by atoms with Gasteiger partial charge in [-0.15, -0.1) is 22.7 Å². The predicted octanol–water partition coefficient (Wildman–Crippen LogP) is 3.74. The van der Waals surface area contributed by atoms with Crippen LogP contribution in [0.15, 0.2) is 5.38 Å². The average molecular weight is 485 g/mol. The highest BCUT2D eigenvalue weighted by Crippen LogP contribution is 2.41. The summed E-state index contributed by atoms with van der Waals surface area (Å²) in [6, 6.07) is 0. The van der Waals surface area contributed by atoms with Crippen molar-refractivity contribution >= 4 is 43.8 Å². The van der Waals surface area contributed by atoms with Gasteiger partial charge in [0.05, 0.1) is 30.8 Å². The highest BCUT2D eigenvalue weighted by atomic mass is 32.1. The quantitative estimate of drug-likeness (QED) is 0.559. The molecule has 0 bridgehead atoms. The normalized spacial score (nSPS) is 22.2. The zero-order valence-corrected chi connectivity index (χ0v) is 21.2. The molecule has 5 heterocycles. The molecule has 3 aromatic rings. The van der Waals surface area contributed by atoms with Crippen molar-refractivity contribution < 1.29 is 4.74 Å². The molecule has 9 heteroatoms. The number of morpholine rings is 1. The van der Waals surface area contributed by atoms with E-state index in [4.69, 9.17) is 19.7 Å². The largest absolute Gasteiger partial charge is 0.379 e. The Morgan fingerprint density at radius 3 is 2.58 bits per heavy atom. The number of ether oxygens (including phenoxy) is 1. The predicted molar refractivity (Wildman–Crippen MR) is 136 cm³/mol. The summed E-state index contributed by atoms with van der Waals surface area (Å²) in [5, 5.41) is 4.63. The Kier molecular flexibility index (Phi) is 5.98. The summed E-state index contributed by atoms with van der Waals surface area (Å²) in [5.41, 5.74) is 2.64. The van der Waals surface area contributed by atoms with Gasteiger partial charge >= 0.3 is 0 Å². The van der Waals surface area contributed by atoms with Gasteiger partial charge in [-0.2, -0.15) is 0 Å². The number of piperazine rings is 1. The van der Waals surface area contributed by atoms with Crippen LogP contribution in [0, 0.1) is 12.8 Å². The number of anilines is 2. The lowest BCUT2D eigenvalue weighted by Gasteiger charge is -2.36. The Morgan fingerprint density at radius 2 is 1.82 bits per heavy atom. The minimum Gasteiger partial charge on any atom is -0.379 e. The minimum absolute atomic E-state index is 0.764. The molecule has 2 saturated heterocycles. The van der Waals surface area contributed by atoms with Gasteiger partial charge < -0.3 is 14.5 Å². The van der Waals surface area contributed by atoms with Gasteiger partial charge in [0.25, 0.3) is 0 Å². The van der Waals surface area contributed by atoms with Gasteiger partial charge in [-0.3, -0.25) is 4.90 Å². The summed E-state index contributed by atoms with van der Waals surface area (Å²) >= 11 is 3.67. The molecule has 2 aliphatic heterocycles. The highest BCUT2D eigenvalue weighted by Gasteiger charge is 2.28. The van der Waals surface area contributed by atoms with E-state index < -0.39 is 0 Å². The Balaban J connectivity index is 1.32. The number of aryl methyl sites for hydroxylation is 2. The monoisotopic (exact) mass is 484 g/mol. The van der Waals surface area contributed by atoms with E-state index in [1.165, 1.54) is 34.4 Å². The van der Waals surface area contributed by atoms with Crippen molar-refractivity contribution in [3.8, 4) is 0 Å². The topological polar surface area (TPSA) is 57.6 Å². The number of thiazole rings is 1. The summed E-state index contributed by atoms with van der Waals surface area (Å²) in [7, 11) is 0. The minimum atomic E-state index is 0.764. The fourth-order valence-corrected chi connectivity index (χ4v) is 7.47. The molecule has 0 N–H and O–H groups in total. The third-order valence-corrected chi connectivity index (χ3v) is 9.28. The SMILES string of the molecule is Cc1csc(N2CCN(c3nc(CN4CCOCC4)nc4sc5c(c34)CCC(C)C5)CC2)n1.